The van der Waals surface area contributed by atoms with E-state index in [4.69, 9.17) is 11.6 Å². The molecule has 3 amide bonds. The first-order valence-corrected chi connectivity index (χ1v) is 4.80. The minimum Gasteiger partial charge on any atom is -0.452 e. The van der Waals surface area contributed by atoms with Crippen LogP contribution in [0.4, 0.5) is 15.3 Å². The van der Waals surface area contributed by atoms with Gasteiger partial charge in [0.15, 0.2) is 0 Å². The van der Waals surface area contributed by atoms with Gasteiger partial charge in [-0.3, -0.25) is 0 Å². The lowest BCUT2D eigenvalue weighted by Crippen LogP contribution is -2.36. The third-order valence-electron chi connectivity index (χ3n) is 1.85. The summed E-state index contributed by atoms with van der Waals surface area (Å²) in [7, 11) is 2.52. The van der Waals surface area contributed by atoms with Gasteiger partial charge >= 0.3 is 12.1 Å². The summed E-state index contributed by atoms with van der Waals surface area (Å²) >= 11 is 5.69. The fourth-order valence-corrected chi connectivity index (χ4v) is 1.09. The van der Waals surface area contributed by atoms with E-state index in [1.807, 2.05) is 0 Å². The summed E-state index contributed by atoms with van der Waals surface area (Å²) in [6.45, 7) is 0. The average molecular weight is 243 g/mol. The van der Waals surface area contributed by atoms with Gasteiger partial charge in [0.2, 0.25) is 0 Å². The molecule has 1 aromatic carbocycles. The molecule has 0 unspecified atom stereocenters. The van der Waals surface area contributed by atoms with E-state index in [2.05, 4.69) is 10.1 Å². The summed E-state index contributed by atoms with van der Waals surface area (Å²) in [5.41, 5.74) is 0.546. The maximum Gasteiger partial charge on any atom is 0.417 e. The monoisotopic (exact) mass is 242 g/mol. The van der Waals surface area contributed by atoms with Gasteiger partial charge < -0.3 is 10.1 Å². The number of benzene rings is 1. The smallest absolute Gasteiger partial charge is 0.417 e. The predicted octanol–water partition coefficient (Wildman–Crippen LogP) is 2.57. The van der Waals surface area contributed by atoms with Crippen LogP contribution in [0.1, 0.15) is 0 Å². The van der Waals surface area contributed by atoms with Crippen molar-refractivity contribution in [1.29, 1.82) is 0 Å². The molecule has 0 spiro atoms. The Morgan fingerprint density at radius 2 is 1.88 bits per heavy atom. The molecule has 0 bridgehead atoms. The van der Waals surface area contributed by atoms with Crippen LogP contribution >= 0.6 is 11.6 Å². The lowest BCUT2D eigenvalue weighted by molar-refractivity contribution is 0.140. The van der Waals surface area contributed by atoms with Gasteiger partial charge in [-0.2, -0.15) is 0 Å². The maximum absolute atomic E-state index is 11.5. The first kappa shape index (κ1) is 12.3. The lowest BCUT2D eigenvalue weighted by atomic mass is 10.3. The van der Waals surface area contributed by atoms with E-state index in [9.17, 15) is 9.59 Å². The van der Waals surface area contributed by atoms with Gasteiger partial charge in [0.25, 0.3) is 0 Å². The van der Waals surface area contributed by atoms with Gasteiger partial charge in [-0.1, -0.05) is 11.6 Å². The number of ether oxygens (including phenoxy) is 1. The molecule has 0 aromatic heterocycles. The van der Waals surface area contributed by atoms with Gasteiger partial charge in [-0.05, 0) is 24.3 Å². The highest BCUT2D eigenvalue weighted by Crippen LogP contribution is 2.13. The highest BCUT2D eigenvalue weighted by Gasteiger charge is 2.16. The normalized spacial score (nSPS) is 9.44. The number of nitrogens with one attached hydrogen (secondary N) is 1. The van der Waals surface area contributed by atoms with E-state index in [1.54, 1.807) is 24.3 Å². The molecule has 1 rings (SSSR count). The van der Waals surface area contributed by atoms with Gasteiger partial charge in [-0.25, -0.2) is 14.5 Å². The molecular weight excluding hydrogens is 232 g/mol. The number of anilines is 1. The minimum atomic E-state index is -0.730. The fourth-order valence-electron chi connectivity index (χ4n) is 0.960. The van der Waals surface area contributed by atoms with Crippen LogP contribution in [0.5, 0.6) is 0 Å². The molecule has 0 aliphatic rings. The molecule has 1 aromatic rings. The van der Waals surface area contributed by atoms with E-state index < -0.39 is 12.1 Å². The first-order chi connectivity index (χ1) is 7.54. The number of halogens is 1. The molecule has 0 aliphatic carbocycles. The van der Waals surface area contributed by atoms with E-state index in [0.717, 1.165) is 4.90 Å². The van der Waals surface area contributed by atoms with Gasteiger partial charge in [0.1, 0.15) is 0 Å². The molecule has 86 valence electrons. The molecular formula is C10H11ClN2O3. The minimum absolute atomic E-state index is 0.546. The summed E-state index contributed by atoms with van der Waals surface area (Å²) in [6, 6.07) is 5.95. The second-order valence-electron chi connectivity index (χ2n) is 2.97. The molecule has 0 fully saturated rings. The highest BCUT2D eigenvalue weighted by atomic mass is 35.5. The van der Waals surface area contributed by atoms with Gasteiger partial charge in [-0.15, -0.1) is 0 Å². The average Bonchev–Trinajstić information content (AvgIpc) is 2.30. The quantitative estimate of drug-likeness (QED) is 0.823. The van der Waals surface area contributed by atoms with Gasteiger partial charge in [0.05, 0.1) is 7.11 Å². The van der Waals surface area contributed by atoms with Crippen LogP contribution in [-0.4, -0.2) is 31.2 Å². The number of rotatable bonds is 1. The van der Waals surface area contributed by atoms with Crippen LogP contribution in [0.3, 0.4) is 0 Å². The largest absolute Gasteiger partial charge is 0.452 e. The summed E-state index contributed by atoms with van der Waals surface area (Å²) in [5, 5.41) is 3.08. The van der Waals surface area contributed by atoms with Crippen molar-refractivity contribution in [1.82, 2.24) is 4.90 Å². The molecule has 6 heteroatoms. The van der Waals surface area contributed by atoms with Crippen molar-refractivity contribution >= 4 is 29.4 Å². The standard InChI is InChI=1S/C10H11ClN2O3/c1-13(10(15)16-2)9(14)12-8-5-3-7(11)4-6-8/h3-6H,1-2H3,(H,12,14). The highest BCUT2D eigenvalue weighted by molar-refractivity contribution is 6.30. The Bertz CT molecular complexity index is 392. The Labute approximate surface area is 97.9 Å². The van der Waals surface area contributed by atoms with Crippen LogP contribution < -0.4 is 5.32 Å². The number of carbonyl (C=O) groups excluding carboxylic acids is 2. The number of urea groups is 1. The van der Waals surface area contributed by atoms with Crippen LogP contribution in [0, 0.1) is 0 Å². The Balaban J connectivity index is 2.64. The second-order valence-corrected chi connectivity index (χ2v) is 3.40. The molecule has 0 radical (unpaired) electrons. The molecule has 0 aliphatic heterocycles. The molecule has 0 saturated carbocycles. The summed E-state index contributed by atoms with van der Waals surface area (Å²) in [6.07, 6.45) is -0.730. The SMILES string of the molecule is COC(=O)N(C)C(=O)Nc1ccc(Cl)cc1. The van der Waals surface area contributed by atoms with Gasteiger partial charge in [0, 0.05) is 17.8 Å². The van der Waals surface area contributed by atoms with Crippen LogP contribution in [0.25, 0.3) is 0 Å². The first-order valence-electron chi connectivity index (χ1n) is 4.43. The molecule has 16 heavy (non-hydrogen) atoms. The number of nitrogens with zero attached hydrogens (tertiary/aromatic N) is 1. The third kappa shape index (κ3) is 3.13. The van der Waals surface area contributed by atoms with Crippen molar-refractivity contribution in [2.75, 3.05) is 19.5 Å². The van der Waals surface area contributed by atoms with Crippen LogP contribution in [0.2, 0.25) is 5.02 Å². The summed E-state index contributed by atoms with van der Waals surface area (Å²) in [5.74, 6) is 0. The van der Waals surface area contributed by atoms with E-state index in [0.29, 0.717) is 10.7 Å². The van der Waals surface area contributed by atoms with Crippen molar-refractivity contribution in [3.8, 4) is 0 Å². The topological polar surface area (TPSA) is 58.6 Å². The van der Waals surface area contributed by atoms with E-state index >= 15 is 0 Å². The fraction of sp³-hybridized carbons (Fsp3) is 0.200. The number of methoxy groups -OCH3 is 1. The van der Waals surface area contributed by atoms with Crippen LogP contribution in [0.15, 0.2) is 24.3 Å². The Morgan fingerprint density at radius 1 is 1.31 bits per heavy atom. The van der Waals surface area contributed by atoms with Crippen LogP contribution in [-0.2, 0) is 4.74 Å². The predicted molar refractivity (Wildman–Crippen MR) is 60.6 cm³/mol. The number of hydrogen-bond acceptors (Lipinski definition) is 3. The zero-order valence-electron chi connectivity index (χ0n) is 8.86. The number of carbonyl (C=O) groups is 2. The summed E-state index contributed by atoms with van der Waals surface area (Å²) in [4.78, 5) is 23.3. The lowest BCUT2D eigenvalue weighted by Gasteiger charge is -2.14. The molecule has 5 nitrogen and oxygen atoms in total. The zero-order chi connectivity index (χ0) is 12.1. The molecule has 1 N–H and O–H groups in total. The Hall–Kier alpha value is -1.75. The van der Waals surface area contributed by atoms with Crippen molar-refractivity contribution in [3.63, 3.8) is 0 Å². The number of amides is 3. The van der Waals surface area contributed by atoms with E-state index in [-0.39, 0.29) is 0 Å². The van der Waals surface area contributed by atoms with Crippen molar-refractivity contribution in [2.24, 2.45) is 0 Å². The van der Waals surface area contributed by atoms with Crippen molar-refractivity contribution in [2.45, 2.75) is 0 Å². The second kappa shape index (κ2) is 5.37. The zero-order valence-corrected chi connectivity index (χ0v) is 9.62. The van der Waals surface area contributed by atoms with Crippen molar-refractivity contribution in [3.05, 3.63) is 29.3 Å². The summed E-state index contributed by atoms with van der Waals surface area (Å²) < 4.78 is 4.39. The maximum atomic E-state index is 11.5. The number of imide groups is 1. The Kier molecular flexibility index (Phi) is 4.13. The molecule has 0 heterocycles. The molecule has 0 saturated heterocycles. The third-order valence-corrected chi connectivity index (χ3v) is 2.10. The van der Waals surface area contributed by atoms with Crippen molar-refractivity contribution < 1.29 is 14.3 Å². The Morgan fingerprint density at radius 3 is 2.38 bits per heavy atom. The van der Waals surface area contributed by atoms with E-state index in [1.165, 1.54) is 14.2 Å². The molecule has 0 atom stereocenters. The number of hydrogen-bond donors (Lipinski definition) is 1.